The molecule has 1 aliphatic rings. The fourth-order valence-corrected chi connectivity index (χ4v) is 4.66. The number of allylic oxidation sites excluding steroid dienone is 1. The maximum Gasteiger partial charge on any atom is 0.307 e. The van der Waals surface area contributed by atoms with Crippen LogP contribution < -0.4 is 0 Å². The number of aromatic amines is 1. The molecule has 0 amide bonds. The van der Waals surface area contributed by atoms with Crippen LogP contribution in [0, 0.1) is 0 Å². The van der Waals surface area contributed by atoms with Crippen LogP contribution in [0.2, 0.25) is 0 Å². The van der Waals surface area contributed by atoms with Crippen LogP contribution in [0.3, 0.4) is 0 Å². The molecule has 1 aliphatic heterocycles. The number of carbonyl (C=O) groups is 1. The van der Waals surface area contributed by atoms with Crippen LogP contribution in [0.15, 0.2) is 60.8 Å². The summed E-state index contributed by atoms with van der Waals surface area (Å²) in [5, 5.41) is 23.8. The average Bonchev–Trinajstić information content (AvgIpc) is 3.54. The second kappa shape index (κ2) is 9.43. The van der Waals surface area contributed by atoms with Gasteiger partial charge in [-0.3, -0.25) is 4.79 Å². The first-order valence-corrected chi connectivity index (χ1v) is 11.6. The Morgan fingerprint density at radius 1 is 1.15 bits per heavy atom. The summed E-state index contributed by atoms with van der Waals surface area (Å²) >= 11 is 0. The Labute approximate surface area is 197 Å². The SMILES string of the molecule is CCCCc1cnc2n1C(c1ccc(-c3ccccc3-c3nn[nH]n3)cc1)CC=C2CC(=O)O. The minimum Gasteiger partial charge on any atom is -0.481 e. The summed E-state index contributed by atoms with van der Waals surface area (Å²) in [7, 11) is 0. The predicted octanol–water partition coefficient (Wildman–Crippen LogP) is 4.92. The Morgan fingerprint density at radius 3 is 2.65 bits per heavy atom. The summed E-state index contributed by atoms with van der Waals surface area (Å²) in [5.74, 6) is 0.502. The Kier molecular flexibility index (Phi) is 6.03. The molecule has 172 valence electrons. The van der Waals surface area contributed by atoms with Crippen molar-refractivity contribution < 1.29 is 9.90 Å². The molecule has 2 aromatic carbocycles. The van der Waals surface area contributed by atoms with E-state index in [1.54, 1.807) is 0 Å². The molecule has 4 aromatic rings. The first kappa shape index (κ1) is 21.8. The number of fused-ring (bicyclic) bond motifs is 1. The Morgan fingerprint density at radius 2 is 1.94 bits per heavy atom. The number of aliphatic carboxylic acids is 1. The van der Waals surface area contributed by atoms with Crippen molar-refractivity contribution in [3.05, 3.63) is 77.9 Å². The molecule has 1 unspecified atom stereocenters. The van der Waals surface area contributed by atoms with Gasteiger partial charge in [0.1, 0.15) is 5.82 Å². The van der Waals surface area contributed by atoms with E-state index in [9.17, 15) is 9.90 Å². The zero-order valence-electron chi connectivity index (χ0n) is 19.0. The van der Waals surface area contributed by atoms with Gasteiger partial charge in [0.25, 0.3) is 0 Å². The number of imidazole rings is 1. The normalized spacial score (nSPS) is 15.1. The van der Waals surface area contributed by atoms with Gasteiger partial charge in [0.2, 0.25) is 5.82 Å². The van der Waals surface area contributed by atoms with Gasteiger partial charge in [-0.1, -0.05) is 68.0 Å². The first-order chi connectivity index (χ1) is 16.7. The van der Waals surface area contributed by atoms with Gasteiger partial charge in [-0.15, -0.1) is 10.2 Å². The van der Waals surface area contributed by atoms with Crippen molar-refractivity contribution in [3.8, 4) is 22.5 Å². The standard InChI is InChI=1S/C26H26N6O2/c1-2-3-6-20-16-27-26-19(15-24(33)34)13-14-23(32(20)26)18-11-9-17(10-12-18)21-7-4-5-8-22(21)25-28-30-31-29-25/h4-5,7-13,16,23H,2-3,6,14-15H2,1H3,(H,33,34)(H,28,29,30,31). The highest BCUT2D eigenvalue weighted by atomic mass is 16.4. The molecule has 0 saturated carbocycles. The van der Waals surface area contributed by atoms with E-state index in [2.05, 4.69) is 67.4 Å². The highest BCUT2D eigenvalue weighted by Gasteiger charge is 2.27. The minimum absolute atomic E-state index is 0.0112. The molecule has 0 radical (unpaired) electrons. The lowest BCUT2D eigenvalue weighted by atomic mass is 9.93. The van der Waals surface area contributed by atoms with Gasteiger partial charge in [-0.25, -0.2) is 4.98 Å². The van der Waals surface area contributed by atoms with Crippen molar-refractivity contribution >= 4 is 11.5 Å². The summed E-state index contributed by atoms with van der Waals surface area (Å²) in [6, 6.07) is 16.6. The molecule has 5 rings (SSSR count). The van der Waals surface area contributed by atoms with Crippen LogP contribution in [0.4, 0.5) is 0 Å². The number of tetrazole rings is 1. The second-order valence-electron chi connectivity index (χ2n) is 8.50. The van der Waals surface area contributed by atoms with Crippen LogP contribution in [0.5, 0.6) is 0 Å². The average molecular weight is 455 g/mol. The monoisotopic (exact) mass is 454 g/mol. The third-order valence-corrected chi connectivity index (χ3v) is 6.31. The minimum atomic E-state index is -0.834. The third-order valence-electron chi connectivity index (χ3n) is 6.31. The summed E-state index contributed by atoms with van der Waals surface area (Å²) in [6.45, 7) is 2.17. The molecule has 8 nitrogen and oxygen atoms in total. The summed E-state index contributed by atoms with van der Waals surface area (Å²) in [4.78, 5) is 16.0. The van der Waals surface area contributed by atoms with Gasteiger partial charge < -0.3 is 9.67 Å². The number of benzene rings is 2. The molecule has 0 fully saturated rings. The number of aryl methyl sites for hydroxylation is 1. The fraction of sp³-hybridized carbons (Fsp3) is 0.269. The molecule has 0 aliphatic carbocycles. The van der Waals surface area contributed by atoms with Crippen LogP contribution >= 0.6 is 0 Å². The van der Waals surface area contributed by atoms with Crippen molar-refractivity contribution in [2.24, 2.45) is 0 Å². The maximum atomic E-state index is 11.4. The van der Waals surface area contributed by atoms with Crippen LogP contribution in [-0.4, -0.2) is 41.3 Å². The molecule has 1 atom stereocenters. The number of hydrogen-bond acceptors (Lipinski definition) is 5. The van der Waals surface area contributed by atoms with E-state index in [0.29, 0.717) is 5.82 Å². The second-order valence-corrected chi connectivity index (χ2v) is 8.50. The highest BCUT2D eigenvalue weighted by molar-refractivity contribution is 5.83. The predicted molar refractivity (Wildman–Crippen MR) is 129 cm³/mol. The zero-order valence-corrected chi connectivity index (χ0v) is 19.0. The topological polar surface area (TPSA) is 110 Å². The molecule has 2 N–H and O–H groups in total. The van der Waals surface area contributed by atoms with Crippen molar-refractivity contribution in [2.45, 2.75) is 45.1 Å². The van der Waals surface area contributed by atoms with E-state index in [1.165, 1.54) is 5.56 Å². The van der Waals surface area contributed by atoms with Crippen molar-refractivity contribution in [3.63, 3.8) is 0 Å². The number of carboxylic acids is 1. The lowest BCUT2D eigenvalue weighted by Crippen LogP contribution is -2.20. The van der Waals surface area contributed by atoms with Gasteiger partial charge in [-0.05, 0) is 41.2 Å². The zero-order chi connectivity index (χ0) is 23.5. The molecule has 0 spiro atoms. The molecule has 34 heavy (non-hydrogen) atoms. The van der Waals surface area contributed by atoms with Gasteiger partial charge in [0, 0.05) is 23.0 Å². The van der Waals surface area contributed by atoms with Gasteiger partial charge in [-0.2, -0.15) is 5.21 Å². The molecule has 2 aromatic heterocycles. The number of rotatable bonds is 8. The van der Waals surface area contributed by atoms with E-state index in [-0.39, 0.29) is 12.5 Å². The molecule has 8 heteroatoms. The van der Waals surface area contributed by atoms with E-state index >= 15 is 0 Å². The summed E-state index contributed by atoms with van der Waals surface area (Å²) < 4.78 is 2.25. The molecular formula is C26H26N6O2. The Bertz CT molecular complexity index is 1320. The van der Waals surface area contributed by atoms with Gasteiger partial charge >= 0.3 is 5.97 Å². The number of aromatic nitrogens is 6. The lowest BCUT2D eigenvalue weighted by Gasteiger charge is -2.27. The van der Waals surface area contributed by atoms with Crippen molar-refractivity contribution in [1.82, 2.24) is 30.2 Å². The van der Waals surface area contributed by atoms with Crippen LogP contribution in [-0.2, 0) is 11.2 Å². The van der Waals surface area contributed by atoms with E-state index < -0.39 is 5.97 Å². The Hall–Kier alpha value is -4.07. The number of carboxylic acid groups (broad SMARTS) is 1. The van der Waals surface area contributed by atoms with Gasteiger partial charge in [0.15, 0.2) is 0 Å². The number of hydrogen-bond donors (Lipinski definition) is 2. The Balaban J connectivity index is 1.50. The van der Waals surface area contributed by atoms with Crippen molar-refractivity contribution in [2.75, 3.05) is 0 Å². The lowest BCUT2D eigenvalue weighted by molar-refractivity contribution is -0.135. The fourth-order valence-electron chi connectivity index (χ4n) is 4.66. The van der Waals surface area contributed by atoms with Crippen molar-refractivity contribution in [1.29, 1.82) is 0 Å². The number of nitrogens with zero attached hydrogens (tertiary/aromatic N) is 5. The highest BCUT2D eigenvalue weighted by Crippen LogP contribution is 2.37. The summed E-state index contributed by atoms with van der Waals surface area (Å²) in [5.41, 5.74) is 6.14. The summed E-state index contributed by atoms with van der Waals surface area (Å²) in [6.07, 6.45) is 7.76. The van der Waals surface area contributed by atoms with E-state index in [4.69, 9.17) is 0 Å². The smallest absolute Gasteiger partial charge is 0.307 e. The molecule has 0 saturated heterocycles. The van der Waals surface area contributed by atoms with Gasteiger partial charge in [0.05, 0.1) is 12.5 Å². The number of unbranched alkanes of at least 4 members (excludes halogenated alkanes) is 1. The maximum absolute atomic E-state index is 11.4. The van der Waals surface area contributed by atoms with E-state index in [1.807, 2.05) is 30.5 Å². The largest absolute Gasteiger partial charge is 0.481 e. The third kappa shape index (κ3) is 4.14. The number of nitrogens with one attached hydrogen (secondary N) is 1. The molecule has 0 bridgehead atoms. The number of H-pyrrole nitrogens is 1. The van der Waals surface area contributed by atoms with Crippen LogP contribution in [0.25, 0.3) is 28.1 Å². The first-order valence-electron chi connectivity index (χ1n) is 11.6. The molecule has 3 heterocycles. The van der Waals surface area contributed by atoms with Crippen LogP contribution in [0.1, 0.15) is 55.7 Å². The quantitative estimate of drug-likeness (QED) is 0.391. The van der Waals surface area contributed by atoms with E-state index in [0.717, 1.165) is 59.5 Å². The molecular weight excluding hydrogens is 428 g/mol.